The maximum absolute atomic E-state index is 5.97. The van der Waals surface area contributed by atoms with Crippen LogP contribution in [0.2, 0.25) is 5.02 Å². The highest BCUT2D eigenvalue weighted by Crippen LogP contribution is 2.29. The van der Waals surface area contributed by atoms with Crippen LogP contribution in [0.4, 0.5) is 0 Å². The molecule has 1 atom stereocenters. The average Bonchev–Trinajstić information content (AvgIpc) is 2.81. The van der Waals surface area contributed by atoms with Gasteiger partial charge < -0.3 is 4.42 Å². The van der Waals surface area contributed by atoms with Crippen LogP contribution in [-0.2, 0) is 0 Å². The number of aryl methyl sites for hydroxylation is 1. The van der Waals surface area contributed by atoms with Crippen LogP contribution in [0.15, 0.2) is 22.6 Å². The second-order valence-corrected chi connectivity index (χ2v) is 5.30. The van der Waals surface area contributed by atoms with Gasteiger partial charge in [0.1, 0.15) is 0 Å². The molecule has 17 heavy (non-hydrogen) atoms. The van der Waals surface area contributed by atoms with E-state index >= 15 is 0 Å². The van der Waals surface area contributed by atoms with Crippen molar-refractivity contribution in [1.29, 1.82) is 0 Å². The van der Waals surface area contributed by atoms with Crippen LogP contribution in [0.3, 0.4) is 0 Å². The molecule has 0 radical (unpaired) electrons. The summed E-state index contributed by atoms with van der Waals surface area (Å²) in [5.41, 5.74) is 1.89. The van der Waals surface area contributed by atoms with Crippen LogP contribution in [-0.4, -0.2) is 10.2 Å². The summed E-state index contributed by atoms with van der Waals surface area (Å²) in [5, 5.41) is 8.79. The molecule has 1 aromatic heterocycles. The SMILES string of the molecule is CCC(Br)c1nnc(-c2ccc(Cl)c(C)c2)o1. The number of rotatable bonds is 3. The number of nitrogens with zero attached hydrogens (tertiary/aromatic N) is 2. The molecule has 0 aliphatic rings. The van der Waals surface area contributed by atoms with Crippen LogP contribution < -0.4 is 0 Å². The van der Waals surface area contributed by atoms with Gasteiger partial charge in [-0.15, -0.1) is 10.2 Å². The van der Waals surface area contributed by atoms with Crippen LogP contribution >= 0.6 is 27.5 Å². The van der Waals surface area contributed by atoms with Crippen molar-refractivity contribution in [3.63, 3.8) is 0 Å². The molecule has 0 saturated carbocycles. The van der Waals surface area contributed by atoms with E-state index in [0.717, 1.165) is 22.6 Å². The maximum atomic E-state index is 5.97. The Balaban J connectivity index is 2.33. The minimum Gasteiger partial charge on any atom is -0.419 e. The lowest BCUT2D eigenvalue weighted by Crippen LogP contribution is -1.86. The molecule has 0 aliphatic heterocycles. The Morgan fingerprint density at radius 2 is 2.18 bits per heavy atom. The van der Waals surface area contributed by atoms with Crippen molar-refractivity contribution in [2.75, 3.05) is 0 Å². The van der Waals surface area contributed by atoms with Crippen molar-refractivity contribution in [2.24, 2.45) is 0 Å². The van der Waals surface area contributed by atoms with Gasteiger partial charge in [-0.1, -0.05) is 34.5 Å². The topological polar surface area (TPSA) is 38.9 Å². The maximum Gasteiger partial charge on any atom is 0.247 e. The zero-order chi connectivity index (χ0) is 12.4. The fraction of sp³-hybridized carbons (Fsp3) is 0.333. The Morgan fingerprint density at radius 3 is 2.82 bits per heavy atom. The van der Waals surface area contributed by atoms with Gasteiger partial charge in [0.15, 0.2) is 0 Å². The quantitative estimate of drug-likeness (QED) is 0.780. The first-order valence-electron chi connectivity index (χ1n) is 5.35. The molecule has 2 aromatic rings. The van der Waals surface area contributed by atoms with Gasteiger partial charge in [-0.2, -0.15) is 0 Å². The van der Waals surface area contributed by atoms with E-state index in [-0.39, 0.29) is 4.83 Å². The zero-order valence-corrected chi connectivity index (χ0v) is 11.9. The summed E-state index contributed by atoms with van der Waals surface area (Å²) in [6.45, 7) is 4.00. The van der Waals surface area contributed by atoms with Crippen molar-refractivity contribution >= 4 is 27.5 Å². The summed E-state index contributed by atoms with van der Waals surface area (Å²) in [7, 11) is 0. The Labute approximate surface area is 113 Å². The summed E-state index contributed by atoms with van der Waals surface area (Å²) in [4.78, 5) is 0.108. The van der Waals surface area contributed by atoms with E-state index in [1.807, 2.05) is 25.1 Å². The summed E-state index contributed by atoms with van der Waals surface area (Å²) < 4.78 is 5.61. The number of halogens is 2. The predicted molar refractivity (Wildman–Crippen MR) is 71.4 cm³/mol. The molecule has 0 spiro atoms. The third kappa shape index (κ3) is 2.69. The summed E-state index contributed by atoms with van der Waals surface area (Å²) >= 11 is 9.45. The van der Waals surface area contributed by atoms with Crippen molar-refractivity contribution < 1.29 is 4.42 Å². The van der Waals surface area contributed by atoms with Crippen molar-refractivity contribution in [2.45, 2.75) is 25.1 Å². The van der Waals surface area contributed by atoms with Gasteiger partial charge in [0, 0.05) is 10.6 Å². The van der Waals surface area contributed by atoms with Gasteiger partial charge >= 0.3 is 0 Å². The fourth-order valence-electron chi connectivity index (χ4n) is 1.43. The van der Waals surface area contributed by atoms with Gasteiger partial charge in [-0.05, 0) is 37.1 Å². The minimum atomic E-state index is 0.108. The lowest BCUT2D eigenvalue weighted by molar-refractivity contribution is 0.500. The number of alkyl halides is 1. The first-order valence-corrected chi connectivity index (χ1v) is 6.65. The first-order chi connectivity index (χ1) is 8.11. The number of benzene rings is 1. The summed E-state index contributed by atoms with van der Waals surface area (Å²) in [5.74, 6) is 1.13. The summed E-state index contributed by atoms with van der Waals surface area (Å²) in [6, 6.07) is 5.65. The Morgan fingerprint density at radius 1 is 1.41 bits per heavy atom. The van der Waals surface area contributed by atoms with Gasteiger partial charge in [-0.25, -0.2) is 0 Å². The van der Waals surface area contributed by atoms with E-state index in [4.69, 9.17) is 16.0 Å². The van der Waals surface area contributed by atoms with Gasteiger partial charge in [0.05, 0.1) is 4.83 Å². The molecule has 5 heteroatoms. The van der Waals surface area contributed by atoms with Crippen molar-refractivity contribution in [3.05, 3.63) is 34.7 Å². The molecule has 0 aliphatic carbocycles. The molecule has 2 rings (SSSR count). The third-order valence-corrected chi connectivity index (χ3v) is 3.94. The van der Waals surface area contributed by atoms with Gasteiger partial charge in [0.25, 0.3) is 0 Å². The molecular weight excluding hydrogens is 304 g/mol. The molecule has 1 heterocycles. The third-order valence-electron chi connectivity index (χ3n) is 2.47. The van der Waals surface area contributed by atoms with Crippen LogP contribution in [0, 0.1) is 6.92 Å². The minimum absolute atomic E-state index is 0.108. The van der Waals surface area contributed by atoms with E-state index < -0.39 is 0 Å². The lowest BCUT2D eigenvalue weighted by atomic mass is 10.1. The molecule has 0 N–H and O–H groups in total. The number of hydrogen-bond donors (Lipinski definition) is 0. The smallest absolute Gasteiger partial charge is 0.247 e. The normalized spacial score (nSPS) is 12.7. The molecular formula is C12H12BrClN2O. The predicted octanol–water partition coefficient (Wildman–Crippen LogP) is 4.54. The standard InChI is InChI=1S/C12H12BrClN2O/c1-3-9(13)12-16-15-11(17-12)8-4-5-10(14)7(2)6-8/h4-6,9H,3H2,1-2H3. The van der Waals surface area contributed by atoms with E-state index in [2.05, 4.69) is 33.1 Å². The Bertz CT molecular complexity index is 527. The molecule has 0 saturated heterocycles. The zero-order valence-electron chi connectivity index (χ0n) is 9.58. The highest BCUT2D eigenvalue weighted by atomic mass is 79.9. The van der Waals surface area contributed by atoms with Gasteiger partial charge in [0.2, 0.25) is 11.8 Å². The fourth-order valence-corrected chi connectivity index (χ4v) is 1.73. The number of aromatic nitrogens is 2. The van der Waals surface area contributed by atoms with E-state index in [9.17, 15) is 0 Å². The highest BCUT2D eigenvalue weighted by Gasteiger charge is 2.14. The van der Waals surface area contributed by atoms with Crippen LogP contribution in [0.5, 0.6) is 0 Å². The van der Waals surface area contributed by atoms with Gasteiger partial charge in [-0.3, -0.25) is 0 Å². The second-order valence-electron chi connectivity index (χ2n) is 3.79. The lowest BCUT2D eigenvalue weighted by Gasteiger charge is -2.00. The molecule has 0 bridgehead atoms. The average molecular weight is 316 g/mol. The Kier molecular flexibility index (Phi) is 3.84. The van der Waals surface area contributed by atoms with E-state index in [1.165, 1.54) is 0 Å². The molecule has 0 fully saturated rings. The van der Waals surface area contributed by atoms with Crippen LogP contribution in [0.25, 0.3) is 11.5 Å². The monoisotopic (exact) mass is 314 g/mol. The second kappa shape index (κ2) is 5.19. The largest absolute Gasteiger partial charge is 0.419 e. The molecule has 1 unspecified atom stereocenters. The van der Waals surface area contributed by atoms with Crippen molar-refractivity contribution in [1.82, 2.24) is 10.2 Å². The molecule has 0 amide bonds. The molecule has 90 valence electrons. The highest BCUT2D eigenvalue weighted by molar-refractivity contribution is 9.09. The number of hydrogen-bond acceptors (Lipinski definition) is 3. The molecule has 3 nitrogen and oxygen atoms in total. The van der Waals surface area contributed by atoms with E-state index in [0.29, 0.717) is 11.8 Å². The Hall–Kier alpha value is -0.870. The van der Waals surface area contributed by atoms with Crippen molar-refractivity contribution in [3.8, 4) is 11.5 Å². The first kappa shape index (κ1) is 12.6. The van der Waals surface area contributed by atoms with Crippen LogP contribution in [0.1, 0.15) is 29.6 Å². The summed E-state index contributed by atoms with van der Waals surface area (Å²) in [6.07, 6.45) is 0.904. The molecule has 1 aromatic carbocycles. The van der Waals surface area contributed by atoms with E-state index in [1.54, 1.807) is 0 Å².